The monoisotopic (exact) mass is 366 g/mol. The maximum atomic E-state index is 12.4. The fraction of sp³-hybridized carbons (Fsp3) is 0.435. The summed E-state index contributed by atoms with van der Waals surface area (Å²) in [5, 5.41) is 3.11. The maximum absolute atomic E-state index is 12.4. The van der Waals surface area contributed by atoms with Crippen LogP contribution in [0.1, 0.15) is 29.5 Å². The first-order valence-corrected chi connectivity index (χ1v) is 9.82. The molecule has 3 rings (SSSR count). The highest BCUT2D eigenvalue weighted by Crippen LogP contribution is 2.19. The number of hydrogen-bond acceptors (Lipinski definition) is 3. The number of nitrogens with zero attached hydrogens (tertiary/aromatic N) is 1. The van der Waals surface area contributed by atoms with Gasteiger partial charge in [-0.05, 0) is 62.5 Å². The van der Waals surface area contributed by atoms with E-state index >= 15 is 0 Å². The van der Waals surface area contributed by atoms with Gasteiger partial charge in [0, 0.05) is 19.0 Å². The molecule has 0 saturated carbocycles. The highest BCUT2D eigenvalue weighted by Gasteiger charge is 2.24. The Morgan fingerprint density at radius 2 is 1.67 bits per heavy atom. The zero-order valence-electron chi connectivity index (χ0n) is 16.4. The third-order valence-electron chi connectivity index (χ3n) is 5.36. The van der Waals surface area contributed by atoms with Crippen LogP contribution in [-0.2, 0) is 17.8 Å². The van der Waals surface area contributed by atoms with E-state index in [1.807, 2.05) is 12.1 Å². The predicted molar refractivity (Wildman–Crippen MR) is 109 cm³/mol. The van der Waals surface area contributed by atoms with Crippen molar-refractivity contribution in [2.75, 3.05) is 26.7 Å². The van der Waals surface area contributed by atoms with E-state index in [9.17, 15) is 4.79 Å². The van der Waals surface area contributed by atoms with Crippen molar-refractivity contribution in [2.24, 2.45) is 5.92 Å². The number of piperidine rings is 1. The molecule has 2 aromatic rings. The van der Waals surface area contributed by atoms with E-state index in [1.165, 1.54) is 16.7 Å². The van der Waals surface area contributed by atoms with Gasteiger partial charge in [0.15, 0.2) is 0 Å². The summed E-state index contributed by atoms with van der Waals surface area (Å²) < 4.78 is 5.17. The zero-order valence-corrected chi connectivity index (χ0v) is 16.4. The number of nitrogens with one attached hydrogen (secondary N) is 1. The molecule has 4 heteroatoms. The lowest BCUT2D eigenvalue weighted by atomic mass is 9.95. The number of aryl methyl sites for hydroxylation is 1. The SMILES string of the molecule is COc1ccc(CCNC(=O)C2CCN(Cc3ccc(C)cc3)CC2)cc1. The first-order valence-electron chi connectivity index (χ1n) is 9.82. The Bertz CT molecular complexity index is 717. The lowest BCUT2D eigenvalue weighted by Crippen LogP contribution is -2.40. The molecule has 0 spiro atoms. The number of amides is 1. The van der Waals surface area contributed by atoms with Gasteiger partial charge in [0.1, 0.15) is 5.75 Å². The van der Waals surface area contributed by atoms with Crippen molar-refractivity contribution in [1.82, 2.24) is 10.2 Å². The van der Waals surface area contributed by atoms with Gasteiger partial charge in [-0.25, -0.2) is 0 Å². The highest BCUT2D eigenvalue weighted by atomic mass is 16.5. The molecule has 0 radical (unpaired) electrons. The van der Waals surface area contributed by atoms with E-state index in [2.05, 4.69) is 53.5 Å². The van der Waals surface area contributed by atoms with E-state index in [-0.39, 0.29) is 11.8 Å². The van der Waals surface area contributed by atoms with Gasteiger partial charge in [-0.3, -0.25) is 9.69 Å². The number of benzene rings is 2. The van der Waals surface area contributed by atoms with E-state index in [1.54, 1.807) is 7.11 Å². The fourth-order valence-corrected chi connectivity index (χ4v) is 3.57. The fourth-order valence-electron chi connectivity index (χ4n) is 3.57. The third-order valence-corrected chi connectivity index (χ3v) is 5.36. The predicted octanol–water partition coefficient (Wildman–Crippen LogP) is 3.57. The number of ether oxygens (including phenoxy) is 1. The Kier molecular flexibility index (Phi) is 6.88. The average Bonchev–Trinajstić information content (AvgIpc) is 2.71. The van der Waals surface area contributed by atoms with Crippen molar-refractivity contribution in [1.29, 1.82) is 0 Å². The number of methoxy groups -OCH3 is 1. The Hall–Kier alpha value is -2.33. The van der Waals surface area contributed by atoms with Gasteiger partial charge in [0.2, 0.25) is 5.91 Å². The summed E-state index contributed by atoms with van der Waals surface area (Å²) in [5.41, 5.74) is 3.86. The lowest BCUT2D eigenvalue weighted by molar-refractivity contribution is -0.126. The minimum Gasteiger partial charge on any atom is -0.497 e. The second-order valence-electron chi connectivity index (χ2n) is 7.43. The second kappa shape index (κ2) is 9.56. The molecule has 1 fully saturated rings. The van der Waals surface area contributed by atoms with Gasteiger partial charge in [-0.2, -0.15) is 0 Å². The summed E-state index contributed by atoms with van der Waals surface area (Å²) in [7, 11) is 1.67. The summed E-state index contributed by atoms with van der Waals surface area (Å²) in [5.74, 6) is 1.22. The third kappa shape index (κ3) is 5.83. The van der Waals surface area contributed by atoms with Crippen LogP contribution in [0.5, 0.6) is 5.75 Å². The molecule has 0 aliphatic carbocycles. The molecular weight excluding hydrogens is 336 g/mol. The van der Waals surface area contributed by atoms with Crippen molar-refractivity contribution in [3.63, 3.8) is 0 Å². The molecule has 0 bridgehead atoms. The lowest BCUT2D eigenvalue weighted by Gasteiger charge is -2.31. The molecule has 144 valence electrons. The minimum absolute atomic E-state index is 0.148. The van der Waals surface area contributed by atoms with Crippen LogP contribution in [0.2, 0.25) is 0 Å². The van der Waals surface area contributed by atoms with E-state index in [4.69, 9.17) is 4.74 Å². The minimum atomic E-state index is 0.148. The van der Waals surface area contributed by atoms with E-state index in [0.717, 1.165) is 44.6 Å². The van der Waals surface area contributed by atoms with Gasteiger partial charge in [-0.15, -0.1) is 0 Å². The van der Waals surface area contributed by atoms with Crippen LogP contribution in [0.3, 0.4) is 0 Å². The van der Waals surface area contributed by atoms with Gasteiger partial charge in [0.05, 0.1) is 7.11 Å². The number of rotatable bonds is 7. The largest absolute Gasteiger partial charge is 0.497 e. The molecule has 1 saturated heterocycles. The van der Waals surface area contributed by atoms with Crippen LogP contribution in [0.15, 0.2) is 48.5 Å². The van der Waals surface area contributed by atoms with Crippen molar-refractivity contribution < 1.29 is 9.53 Å². The number of hydrogen-bond donors (Lipinski definition) is 1. The Balaban J connectivity index is 1.37. The highest BCUT2D eigenvalue weighted by molar-refractivity contribution is 5.78. The standard InChI is InChI=1S/C23H30N2O2/c1-18-3-5-20(6-4-18)17-25-15-12-21(13-16-25)23(26)24-14-11-19-7-9-22(27-2)10-8-19/h3-10,21H,11-17H2,1-2H3,(H,24,26). The summed E-state index contributed by atoms with van der Waals surface area (Å²) in [4.78, 5) is 14.9. The van der Waals surface area contributed by atoms with Crippen molar-refractivity contribution >= 4 is 5.91 Å². The Labute approximate surface area is 162 Å². The molecule has 0 aromatic heterocycles. The van der Waals surface area contributed by atoms with Gasteiger partial charge < -0.3 is 10.1 Å². The normalized spacial score (nSPS) is 15.5. The Morgan fingerprint density at radius 3 is 2.30 bits per heavy atom. The van der Waals surface area contributed by atoms with E-state index < -0.39 is 0 Å². The molecule has 1 amide bonds. The molecule has 2 aromatic carbocycles. The second-order valence-corrected chi connectivity index (χ2v) is 7.43. The van der Waals surface area contributed by atoms with Gasteiger partial charge in [0.25, 0.3) is 0 Å². The summed E-state index contributed by atoms with van der Waals surface area (Å²) in [6, 6.07) is 16.8. The molecule has 1 aliphatic heterocycles. The molecule has 4 nitrogen and oxygen atoms in total. The molecule has 1 N–H and O–H groups in total. The summed E-state index contributed by atoms with van der Waals surface area (Å²) in [6.45, 7) is 5.76. The van der Waals surface area contributed by atoms with Crippen LogP contribution in [0, 0.1) is 12.8 Å². The molecular formula is C23H30N2O2. The zero-order chi connectivity index (χ0) is 19.1. The van der Waals surface area contributed by atoms with Gasteiger partial charge in [-0.1, -0.05) is 42.0 Å². The Morgan fingerprint density at radius 1 is 1.04 bits per heavy atom. The quantitative estimate of drug-likeness (QED) is 0.814. The first-order chi connectivity index (χ1) is 13.1. The number of carbonyl (C=O) groups excluding carboxylic acids is 1. The smallest absolute Gasteiger partial charge is 0.223 e. The van der Waals surface area contributed by atoms with Crippen molar-refractivity contribution in [2.45, 2.75) is 32.7 Å². The number of carbonyl (C=O) groups is 1. The van der Waals surface area contributed by atoms with Gasteiger partial charge >= 0.3 is 0 Å². The summed E-state index contributed by atoms with van der Waals surface area (Å²) >= 11 is 0. The maximum Gasteiger partial charge on any atom is 0.223 e. The molecule has 0 atom stereocenters. The van der Waals surface area contributed by atoms with Crippen LogP contribution >= 0.6 is 0 Å². The molecule has 1 aliphatic rings. The van der Waals surface area contributed by atoms with Crippen molar-refractivity contribution in [3.05, 3.63) is 65.2 Å². The topological polar surface area (TPSA) is 41.6 Å². The van der Waals surface area contributed by atoms with Crippen molar-refractivity contribution in [3.8, 4) is 5.75 Å². The summed E-state index contributed by atoms with van der Waals surface area (Å²) in [6.07, 6.45) is 2.74. The first kappa shape index (κ1) is 19.4. The van der Waals surface area contributed by atoms with E-state index in [0.29, 0.717) is 6.54 Å². The number of likely N-dealkylation sites (tertiary alicyclic amines) is 1. The molecule has 27 heavy (non-hydrogen) atoms. The van der Waals surface area contributed by atoms with Crippen LogP contribution in [0.4, 0.5) is 0 Å². The average molecular weight is 367 g/mol. The molecule has 0 unspecified atom stereocenters. The van der Waals surface area contributed by atoms with Crippen LogP contribution in [0.25, 0.3) is 0 Å². The molecule has 1 heterocycles. The van der Waals surface area contributed by atoms with Crippen LogP contribution < -0.4 is 10.1 Å². The van der Waals surface area contributed by atoms with Crippen LogP contribution in [-0.4, -0.2) is 37.6 Å².